The van der Waals surface area contributed by atoms with Crippen LogP contribution in [0.2, 0.25) is 0 Å². The summed E-state index contributed by atoms with van der Waals surface area (Å²) >= 11 is 3.39. The van der Waals surface area contributed by atoms with E-state index in [1.54, 1.807) is 0 Å². The van der Waals surface area contributed by atoms with Crippen LogP contribution in [0.15, 0.2) is 16.7 Å². The zero-order valence-electron chi connectivity index (χ0n) is 12.6. The molecule has 0 aromatic carbocycles. The first kappa shape index (κ1) is 17.8. The highest BCUT2D eigenvalue weighted by Crippen LogP contribution is 2.16. The number of hydrogen-bond acceptors (Lipinski definition) is 2. The lowest BCUT2D eigenvalue weighted by molar-refractivity contribution is -0.137. The van der Waals surface area contributed by atoms with Gasteiger partial charge in [0.2, 0.25) is 0 Å². The monoisotopic (exact) mass is 358 g/mol. The van der Waals surface area contributed by atoms with Crippen LogP contribution in [0.5, 0.6) is 0 Å². The molecular weight excluding hydrogens is 336 g/mol. The minimum atomic E-state index is -0.770. The van der Waals surface area contributed by atoms with Gasteiger partial charge in [0.05, 0.1) is 0 Å². The summed E-state index contributed by atoms with van der Waals surface area (Å²) in [6, 6.07) is 1.82. The van der Waals surface area contributed by atoms with Crippen LogP contribution in [-0.2, 0) is 11.3 Å². The van der Waals surface area contributed by atoms with Crippen molar-refractivity contribution >= 4 is 27.8 Å². The second kappa shape index (κ2) is 8.87. The average molecular weight is 359 g/mol. The molecule has 0 aliphatic rings. The van der Waals surface area contributed by atoms with Gasteiger partial charge in [-0.15, -0.1) is 0 Å². The third-order valence-corrected chi connectivity index (χ3v) is 3.77. The molecule has 118 valence electrons. The predicted molar refractivity (Wildman–Crippen MR) is 85.4 cm³/mol. The van der Waals surface area contributed by atoms with Crippen molar-refractivity contribution in [2.24, 2.45) is 5.92 Å². The van der Waals surface area contributed by atoms with Gasteiger partial charge in [-0.2, -0.15) is 0 Å². The molecule has 0 aliphatic carbocycles. The fraction of sp³-hybridized carbons (Fsp3) is 0.600. The van der Waals surface area contributed by atoms with Crippen molar-refractivity contribution in [1.29, 1.82) is 0 Å². The van der Waals surface area contributed by atoms with Crippen LogP contribution in [0.4, 0.5) is 0 Å². The molecule has 0 saturated carbocycles. The van der Waals surface area contributed by atoms with E-state index in [0.29, 0.717) is 18.7 Å². The normalized spacial score (nSPS) is 12.1. The Hall–Kier alpha value is -1.30. The van der Waals surface area contributed by atoms with Crippen LogP contribution in [0.25, 0.3) is 0 Å². The van der Waals surface area contributed by atoms with E-state index in [4.69, 9.17) is 5.11 Å². The fourth-order valence-corrected chi connectivity index (χ4v) is 2.59. The van der Waals surface area contributed by atoms with Crippen LogP contribution >= 0.6 is 15.9 Å². The minimum Gasteiger partial charge on any atom is -0.481 e. The van der Waals surface area contributed by atoms with Crippen LogP contribution < -0.4 is 5.32 Å². The zero-order chi connectivity index (χ0) is 15.8. The van der Waals surface area contributed by atoms with Gasteiger partial charge in [0.1, 0.15) is 5.69 Å². The van der Waals surface area contributed by atoms with E-state index in [0.717, 1.165) is 23.9 Å². The Morgan fingerprint density at radius 3 is 2.76 bits per heavy atom. The summed E-state index contributed by atoms with van der Waals surface area (Å²) in [7, 11) is 0. The number of carbonyl (C=O) groups excluding carboxylic acids is 1. The van der Waals surface area contributed by atoms with E-state index >= 15 is 0 Å². The number of aromatic nitrogens is 1. The molecule has 2 N–H and O–H groups in total. The van der Waals surface area contributed by atoms with Gasteiger partial charge in [0.25, 0.3) is 5.91 Å². The van der Waals surface area contributed by atoms with Crippen LogP contribution in [0.3, 0.4) is 0 Å². The molecule has 1 amide bonds. The van der Waals surface area contributed by atoms with Crippen molar-refractivity contribution in [3.63, 3.8) is 0 Å². The van der Waals surface area contributed by atoms with E-state index < -0.39 is 5.97 Å². The first-order chi connectivity index (χ1) is 9.93. The Morgan fingerprint density at radius 2 is 2.14 bits per heavy atom. The summed E-state index contributed by atoms with van der Waals surface area (Å²) in [5, 5.41) is 11.5. The number of carboxylic acid groups (broad SMARTS) is 1. The smallest absolute Gasteiger partial charge is 0.303 e. The highest BCUT2D eigenvalue weighted by atomic mass is 79.9. The number of halogens is 1. The maximum absolute atomic E-state index is 12.2. The van der Waals surface area contributed by atoms with Crippen molar-refractivity contribution in [1.82, 2.24) is 9.88 Å². The van der Waals surface area contributed by atoms with Gasteiger partial charge in [-0.25, -0.2) is 0 Å². The van der Waals surface area contributed by atoms with Gasteiger partial charge in [-0.05, 0) is 47.2 Å². The molecule has 1 rings (SSSR count). The molecule has 21 heavy (non-hydrogen) atoms. The molecule has 0 saturated heterocycles. The highest BCUT2D eigenvalue weighted by Gasteiger charge is 2.13. The molecule has 1 unspecified atom stereocenters. The van der Waals surface area contributed by atoms with Crippen molar-refractivity contribution in [3.05, 3.63) is 22.4 Å². The van der Waals surface area contributed by atoms with E-state index in [9.17, 15) is 9.59 Å². The molecule has 1 heterocycles. The average Bonchev–Trinajstić information content (AvgIpc) is 2.78. The Bertz CT molecular complexity index is 485. The SMILES string of the molecule is CCCn1cc(Br)cc1C(=O)NCCC(C)CCC(=O)O. The van der Waals surface area contributed by atoms with E-state index in [2.05, 4.69) is 28.2 Å². The van der Waals surface area contributed by atoms with Crippen LogP contribution in [-0.4, -0.2) is 28.1 Å². The molecule has 1 aromatic heterocycles. The summed E-state index contributed by atoms with van der Waals surface area (Å²) in [6.45, 7) is 5.45. The van der Waals surface area contributed by atoms with E-state index in [-0.39, 0.29) is 18.2 Å². The molecule has 1 aromatic rings. The van der Waals surface area contributed by atoms with Gasteiger partial charge in [0, 0.05) is 30.2 Å². The minimum absolute atomic E-state index is 0.0837. The largest absolute Gasteiger partial charge is 0.481 e. The molecule has 6 heteroatoms. The van der Waals surface area contributed by atoms with Crippen molar-refractivity contribution in [2.45, 2.75) is 46.1 Å². The third kappa shape index (κ3) is 6.33. The number of carboxylic acids is 1. The predicted octanol–water partition coefficient (Wildman–Crippen LogP) is 3.28. The molecule has 0 aliphatic heterocycles. The molecular formula is C15H23BrN2O3. The number of rotatable bonds is 9. The third-order valence-electron chi connectivity index (χ3n) is 3.33. The maximum atomic E-state index is 12.2. The number of nitrogens with one attached hydrogen (secondary N) is 1. The maximum Gasteiger partial charge on any atom is 0.303 e. The van der Waals surface area contributed by atoms with Gasteiger partial charge < -0.3 is 15.0 Å². The lowest BCUT2D eigenvalue weighted by Gasteiger charge is -2.12. The second-order valence-corrected chi connectivity index (χ2v) is 6.23. The summed E-state index contributed by atoms with van der Waals surface area (Å²) in [5.41, 5.74) is 0.655. The summed E-state index contributed by atoms with van der Waals surface area (Å²) in [4.78, 5) is 22.6. The van der Waals surface area contributed by atoms with Crippen molar-refractivity contribution in [3.8, 4) is 0 Å². The van der Waals surface area contributed by atoms with Crippen LogP contribution in [0.1, 0.15) is 50.0 Å². The number of aryl methyl sites for hydroxylation is 1. The number of amides is 1. The highest BCUT2D eigenvalue weighted by molar-refractivity contribution is 9.10. The standard InChI is InChI=1S/C15H23BrN2O3/c1-3-8-18-10-12(16)9-13(18)15(21)17-7-6-11(2)4-5-14(19)20/h9-11H,3-8H2,1-2H3,(H,17,21)(H,19,20). The molecule has 0 bridgehead atoms. The fourth-order valence-electron chi connectivity index (χ4n) is 2.13. The first-order valence-electron chi connectivity index (χ1n) is 7.29. The van der Waals surface area contributed by atoms with Gasteiger partial charge in [-0.1, -0.05) is 13.8 Å². The number of aliphatic carboxylic acids is 1. The van der Waals surface area contributed by atoms with Gasteiger partial charge >= 0.3 is 5.97 Å². The van der Waals surface area contributed by atoms with E-state index in [1.165, 1.54) is 0 Å². The quantitative estimate of drug-likeness (QED) is 0.711. The van der Waals surface area contributed by atoms with Crippen LogP contribution in [0, 0.1) is 5.92 Å². The Kier molecular flexibility index (Phi) is 7.50. The lowest BCUT2D eigenvalue weighted by atomic mass is 10.0. The van der Waals surface area contributed by atoms with Crippen molar-refractivity contribution in [2.75, 3.05) is 6.54 Å². The zero-order valence-corrected chi connectivity index (χ0v) is 14.1. The Labute approximate surface area is 133 Å². The second-order valence-electron chi connectivity index (χ2n) is 5.32. The molecule has 0 fully saturated rings. The molecule has 5 nitrogen and oxygen atoms in total. The molecule has 0 radical (unpaired) electrons. The van der Waals surface area contributed by atoms with E-state index in [1.807, 2.05) is 23.8 Å². The first-order valence-corrected chi connectivity index (χ1v) is 8.09. The molecule has 1 atom stereocenters. The number of nitrogens with zero attached hydrogens (tertiary/aromatic N) is 1. The van der Waals surface area contributed by atoms with Crippen molar-refractivity contribution < 1.29 is 14.7 Å². The number of hydrogen-bond donors (Lipinski definition) is 2. The summed E-state index contributed by atoms with van der Waals surface area (Å²) < 4.78 is 2.84. The topological polar surface area (TPSA) is 71.3 Å². The van der Waals surface area contributed by atoms with Gasteiger partial charge in [-0.3, -0.25) is 9.59 Å². The Morgan fingerprint density at radius 1 is 1.43 bits per heavy atom. The van der Waals surface area contributed by atoms with Gasteiger partial charge in [0.15, 0.2) is 0 Å². The Balaban J connectivity index is 2.41. The summed E-state index contributed by atoms with van der Waals surface area (Å²) in [6.07, 6.45) is 4.49. The summed E-state index contributed by atoms with van der Waals surface area (Å²) in [5.74, 6) is -0.566. The molecule has 0 spiro atoms. The lowest BCUT2D eigenvalue weighted by Crippen LogP contribution is -2.27. The number of carbonyl (C=O) groups is 2.